The first-order valence-corrected chi connectivity index (χ1v) is 9.04. The summed E-state index contributed by atoms with van der Waals surface area (Å²) in [4.78, 5) is 0. The predicted molar refractivity (Wildman–Crippen MR) is 85.7 cm³/mol. The molecule has 1 aromatic carbocycles. The second-order valence-electron chi connectivity index (χ2n) is 5.65. The molecule has 5 nitrogen and oxygen atoms in total. The number of ether oxygens (including phenoxy) is 2. The zero-order chi connectivity index (χ0) is 18.4. The molecule has 0 radical (unpaired) electrons. The van der Waals surface area contributed by atoms with Crippen LogP contribution in [0, 0.1) is 5.92 Å². The van der Waals surface area contributed by atoms with Gasteiger partial charge in [-0.25, -0.2) is 8.42 Å². The molecule has 0 aliphatic carbocycles. The number of hydrogen-bond donors (Lipinski definition) is 1. The summed E-state index contributed by atoms with van der Waals surface area (Å²) < 4.78 is 75.0. The van der Waals surface area contributed by atoms with Gasteiger partial charge in [0.2, 0.25) is 10.0 Å². The zero-order valence-electron chi connectivity index (χ0n) is 13.8. The van der Waals surface area contributed by atoms with E-state index in [9.17, 15) is 21.6 Å². The van der Waals surface area contributed by atoms with Crippen LogP contribution in [0.15, 0.2) is 18.2 Å². The van der Waals surface area contributed by atoms with E-state index in [0.29, 0.717) is 6.42 Å². The Kier molecular flexibility index (Phi) is 7.34. The van der Waals surface area contributed by atoms with Crippen LogP contribution < -0.4 is 9.46 Å². The fourth-order valence-corrected chi connectivity index (χ4v) is 3.13. The summed E-state index contributed by atoms with van der Waals surface area (Å²) >= 11 is 0. The lowest BCUT2D eigenvalue weighted by molar-refractivity contribution is -0.137. The zero-order valence-corrected chi connectivity index (χ0v) is 14.6. The molecule has 0 aliphatic heterocycles. The Morgan fingerprint density at radius 1 is 1.21 bits per heavy atom. The molecule has 138 valence electrons. The van der Waals surface area contributed by atoms with Crippen molar-refractivity contribution in [2.45, 2.75) is 26.4 Å². The number of hydrogen-bond acceptors (Lipinski definition) is 4. The number of rotatable bonds is 9. The fourth-order valence-electron chi connectivity index (χ4n) is 1.76. The minimum Gasteiger partial charge on any atom is -0.489 e. The minimum atomic E-state index is -4.58. The van der Waals surface area contributed by atoms with Gasteiger partial charge >= 0.3 is 6.18 Å². The molecule has 0 heterocycles. The number of methoxy groups -OCH3 is 1. The molecule has 0 saturated heterocycles. The smallest absolute Gasteiger partial charge is 0.416 e. The normalized spacial score (nSPS) is 12.5. The molecule has 0 aromatic heterocycles. The molecule has 0 atom stereocenters. The highest BCUT2D eigenvalue weighted by Crippen LogP contribution is 2.35. The SMILES string of the molecule is COCCOc1ccc(C(F)(F)F)cc1NS(=O)(=O)CCC(C)C. The third-order valence-corrected chi connectivity index (χ3v) is 4.39. The van der Waals surface area contributed by atoms with Crippen molar-refractivity contribution in [3.05, 3.63) is 23.8 Å². The Labute approximate surface area is 140 Å². The molecular weight excluding hydrogens is 347 g/mol. The van der Waals surface area contributed by atoms with Crippen LogP contribution in [-0.2, 0) is 20.9 Å². The standard InChI is InChI=1S/C15H22F3NO4S/c1-11(2)6-9-24(20,21)19-13-10-12(15(16,17)18)4-5-14(13)23-8-7-22-3/h4-5,10-11,19H,6-9H2,1-3H3. The number of anilines is 1. The Morgan fingerprint density at radius 2 is 1.88 bits per heavy atom. The highest BCUT2D eigenvalue weighted by molar-refractivity contribution is 7.92. The molecule has 0 saturated carbocycles. The van der Waals surface area contributed by atoms with Gasteiger partial charge < -0.3 is 9.47 Å². The summed E-state index contributed by atoms with van der Waals surface area (Å²) in [5.41, 5.74) is -1.19. The first-order valence-electron chi connectivity index (χ1n) is 7.38. The van der Waals surface area contributed by atoms with E-state index in [-0.39, 0.29) is 36.3 Å². The van der Waals surface area contributed by atoms with E-state index in [1.54, 1.807) is 0 Å². The lowest BCUT2D eigenvalue weighted by Gasteiger charge is -2.16. The maximum atomic E-state index is 12.9. The van der Waals surface area contributed by atoms with Crippen molar-refractivity contribution >= 4 is 15.7 Å². The largest absolute Gasteiger partial charge is 0.489 e. The van der Waals surface area contributed by atoms with Gasteiger partial charge in [0, 0.05) is 7.11 Å². The van der Waals surface area contributed by atoms with Crippen molar-refractivity contribution in [3.8, 4) is 5.75 Å². The summed E-state index contributed by atoms with van der Waals surface area (Å²) in [6.45, 7) is 4.03. The van der Waals surface area contributed by atoms with E-state index in [1.165, 1.54) is 7.11 Å². The second-order valence-corrected chi connectivity index (χ2v) is 7.50. The molecule has 1 N–H and O–H groups in total. The van der Waals surface area contributed by atoms with E-state index >= 15 is 0 Å². The Morgan fingerprint density at radius 3 is 2.42 bits per heavy atom. The van der Waals surface area contributed by atoms with E-state index in [4.69, 9.17) is 9.47 Å². The number of alkyl halides is 3. The van der Waals surface area contributed by atoms with Crippen LogP contribution in [0.5, 0.6) is 5.75 Å². The third kappa shape index (κ3) is 6.96. The quantitative estimate of drug-likeness (QED) is 0.677. The summed E-state index contributed by atoms with van der Waals surface area (Å²) in [6.07, 6.45) is -4.18. The van der Waals surface area contributed by atoms with E-state index < -0.39 is 21.8 Å². The second kappa shape index (κ2) is 8.57. The van der Waals surface area contributed by atoms with Crippen molar-refractivity contribution in [3.63, 3.8) is 0 Å². The first-order chi connectivity index (χ1) is 11.0. The van der Waals surface area contributed by atoms with Crippen LogP contribution in [0.4, 0.5) is 18.9 Å². The van der Waals surface area contributed by atoms with Crippen molar-refractivity contribution in [1.29, 1.82) is 0 Å². The number of benzene rings is 1. The van der Waals surface area contributed by atoms with Gasteiger partial charge in [-0.3, -0.25) is 4.72 Å². The van der Waals surface area contributed by atoms with Gasteiger partial charge in [0.1, 0.15) is 12.4 Å². The van der Waals surface area contributed by atoms with Crippen LogP contribution in [0.25, 0.3) is 0 Å². The lowest BCUT2D eigenvalue weighted by Crippen LogP contribution is -2.19. The highest BCUT2D eigenvalue weighted by atomic mass is 32.2. The van der Waals surface area contributed by atoms with Gasteiger partial charge in [-0.1, -0.05) is 13.8 Å². The molecule has 0 aliphatic rings. The first kappa shape index (κ1) is 20.6. The summed E-state index contributed by atoms with van der Waals surface area (Å²) in [5, 5.41) is 0. The average Bonchev–Trinajstić information content (AvgIpc) is 2.45. The Hall–Kier alpha value is -1.48. The maximum Gasteiger partial charge on any atom is 0.416 e. The summed E-state index contributed by atoms with van der Waals surface area (Å²) in [5.74, 6) is -0.00742. The van der Waals surface area contributed by atoms with Gasteiger partial charge in [-0.15, -0.1) is 0 Å². The molecule has 0 fully saturated rings. The molecule has 24 heavy (non-hydrogen) atoms. The van der Waals surface area contributed by atoms with Gasteiger partial charge in [0.15, 0.2) is 0 Å². The fraction of sp³-hybridized carbons (Fsp3) is 0.600. The Bertz CT molecular complexity index is 630. The molecule has 0 amide bonds. The molecule has 0 spiro atoms. The van der Waals surface area contributed by atoms with Gasteiger partial charge in [-0.2, -0.15) is 13.2 Å². The minimum absolute atomic E-state index is 0.0215. The number of sulfonamides is 1. The maximum absolute atomic E-state index is 12.9. The summed E-state index contributed by atoms with van der Waals surface area (Å²) in [7, 11) is -2.32. The van der Waals surface area contributed by atoms with Crippen LogP contribution >= 0.6 is 0 Å². The van der Waals surface area contributed by atoms with Gasteiger partial charge in [0.25, 0.3) is 0 Å². The van der Waals surface area contributed by atoms with Crippen molar-refractivity contribution in [2.75, 3.05) is 30.8 Å². The van der Waals surface area contributed by atoms with Crippen LogP contribution in [0.1, 0.15) is 25.8 Å². The van der Waals surface area contributed by atoms with E-state index in [1.807, 2.05) is 13.8 Å². The monoisotopic (exact) mass is 369 g/mol. The van der Waals surface area contributed by atoms with E-state index in [2.05, 4.69) is 4.72 Å². The van der Waals surface area contributed by atoms with Crippen LogP contribution in [0.3, 0.4) is 0 Å². The molecule has 0 bridgehead atoms. The third-order valence-electron chi connectivity index (χ3n) is 3.08. The topological polar surface area (TPSA) is 64.6 Å². The molecular formula is C15H22F3NO4S. The average molecular weight is 369 g/mol. The number of nitrogens with one attached hydrogen (secondary N) is 1. The van der Waals surface area contributed by atoms with Gasteiger partial charge in [-0.05, 0) is 30.5 Å². The van der Waals surface area contributed by atoms with Gasteiger partial charge in [0.05, 0.1) is 23.6 Å². The summed E-state index contributed by atoms with van der Waals surface area (Å²) in [6, 6.07) is 2.67. The van der Waals surface area contributed by atoms with Crippen molar-refractivity contribution in [2.24, 2.45) is 5.92 Å². The predicted octanol–water partition coefficient (Wildman–Crippen LogP) is 3.52. The van der Waals surface area contributed by atoms with E-state index in [0.717, 1.165) is 18.2 Å². The van der Waals surface area contributed by atoms with Crippen molar-refractivity contribution < 1.29 is 31.1 Å². The molecule has 9 heteroatoms. The lowest BCUT2D eigenvalue weighted by atomic mass is 10.2. The van der Waals surface area contributed by atoms with Crippen LogP contribution in [-0.4, -0.2) is 34.5 Å². The number of halogens is 3. The molecule has 1 rings (SSSR count). The Balaban J connectivity index is 3.06. The molecule has 1 aromatic rings. The van der Waals surface area contributed by atoms with Crippen molar-refractivity contribution in [1.82, 2.24) is 0 Å². The molecule has 0 unspecified atom stereocenters. The van der Waals surface area contributed by atoms with Crippen LogP contribution in [0.2, 0.25) is 0 Å². The highest BCUT2D eigenvalue weighted by Gasteiger charge is 2.31.